The number of ether oxygens (including phenoxy) is 2. The minimum Gasteiger partial charge on any atom is -0.497 e. The summed E-state index contributed by atoms with van der Waals surface area (Å²) >= 11 is 0. The van der Waals surface area contributed by atoms with Crippen LogP contribution in [0.2, 0.25) is 0 Å². The fraction of sp³-hybridized carbons (Fsp3) is 0.188. The van der Waals surface area contributed by atoms with Crippen LogP contribution in [0.3, 0.4) is 0 Å². The minimum atomic E-state index is -3.55. The van der Waals surface area contributed by atoms with Gasteiger partial charge in [0.2, 0.25) is 0 Å². The van der Waals surface area contributed by atoms with Crippen molar-refractivity contribution in [3.05, 3.63) is 59.7 Å². The van der Waals surface area contributed by atoms with Gasteiger partial charge in [0, 0.05) is 11.6 Å². The lowest BCUT2D eigenvalue weighted by atomic mass is 10.2. The molecule has 23 heavy (non-hydrogen) atoms. The van der Waals surface area contributed by atoms with Gasteiger partial charge in [-0.3, -0.25) is 0 Å². The molecule has 0 bridgehead atoms. The number of methoxy groups -OCH3 is 2. The van der Waals surface area contributed by atoms with Gasteiger partial charge in [0.25, 0.3) is 10.0 Å². The largest absolute Gasteiger partial charge is 0.497 e. The van der Waals surface area contributed by atoms with Crippen LogP contribution in [0.15, 0.2) is 53.6 Å². The van der Waals surface area contributed by atoms with Crippen molar-refractivity contribution in [3.63, 3.8) is 0 Å². The highest BCUT2D eigenvalue weighted by atomic mass is 32.2. The van der Waals surface area contributed by atoms with Crippen molar-refractivity contribution in [2.75, 3.05) is 14.2 Å². The number of hydrogen-bond acceptors (Lipinski definition) is 5. The minimum absolute atomic E-state index is 0.134. The number of nitrogens with zero attached hydrogens (tertiary/aromatic N) is 1. The molecule has 1 N–H and O–H groups in total. The first-order chi connectivity index (χ1) is 11.0. The number of hydrazone groups is 1. The highest BCUT2D eigenvalue weighted by molar-refractivity contribution is 7.88. The first-order valence-electron chi connectivity index (χ1n) is 6.82. The SMILES string of the molecule is COc1ccc(/C=N/NS(=O)(=O)Cc2ccccc2)c(OC)c1. The molecule has 0 atom stereocenters. The molecule has 2 aromatic carbocycles. The predicted molar refractivity (Wildman–Crippen MR) is 89.3 cm³/mol. The molecular formula is C16H18N2O4S. The van der Waals surface area contributed by atoms with Crippen LogP contribution in [-0.4, -0.2) is 28.9 Å². The van der Waals surface area contributed by atoms with E-state index in [1.54, 1.807) is 49.6 Å². The van der Waals surface area contributed by atoms with Crippen molar-refractivity contribution in [3.8, 4) is 11.5 Å². The van der Waals surface area contributed by atoms with Gasteiger partial charge in [-0.05, 0) is 17.7 Å². The second kappa shape index (κ2) is 7.64. The number of benzene rings is 2. The Hall–Kier alpha value is -2.54. The van der Waals surface area contributed by atoms with Crippen LogP contribution in [0, 0.1) is 0 Å². The van der Waals surface area contributed by atoms with Gasteiger partial charge >= 0.3 is 0 Å². The zero-order valence-electron chi connectivity index (χ0n) is 12.9. The highest BCUT2D eigenvalue weighted by Crippen LogP contribution is 2.23. The van der Waals surface area contributed by atoms with Crippen molar-refractivity contribution < 1.29 is 17.9 Å². The van der Waals surface area contributed by atoms with Crippen LogP contribution >= 0.6 is 0 Å². The van der Waals surface area contributed by atoms with E-state index in [0.29, 0.717) is 22.6 Å². The van der Waals surface area contributed by atoms with E-state index >= 15 is 0 Å². The maximum Gasteiger partial charge on any atom is 0.251 e. The zero-order chi connectivity index (χ0) is 16.7. The molecule has 122 valence electrons. The first kappa shape index (κ1) is 16.8. The Balaban J connectivity index is 2.06. The van der Waals surface area contributed by atoms with E-state index in [2.05, 4.69) is 9.93 Å². The smallest absolute Gasteiger partial charge is 0.251 e. The number of nitrogens with one attached hydrogen (secondary N) is 1. The Kier molecular flexibility index (Phi) is 5.59. The lowest BCUT2D eigenvalue weighted by molar-refractivity contribution is 0.394. The normalized spacial score (nSPS) is 11.4. The second-order valence-electron chi connectivity index (χ2n) is 4.70. The zero-order valence-corrected chi connectivity index (χ0v) is 13.7. The average Bonchev–Trinajstić information content (AvgIpc) is 2.55. The third-order valence-corrected chi connectivity index (χ3v) is 4.13. The molecule has 0 amide bonds. The molecule has 2 rings (SSSR count). The Morgan fingerprint density at radius 2 is 1.83 bits per heavy atom. The number of rotatable bonds is 7. The predicted octanol–water partition coefficient (Wildman–Crippen LogP) is 2.16. The number of sulfonamides is 1. The van der Waals surface area contributed by atoms with Crippen molar-refractivity contribution in [1.29, 1.82) is 0 Å². The lowest BCUT2D eigenvalue weighted by Crippen LogP contribution is -2.20. The van der Waals surface area contributed by atoms with Gasteiger partial charge in [-0.1, -0.05) is 30.3 Å². The van der Waals surface area contributed by atoms with Gasteiger partial charge in [-0.15, -0.1) is 0 Å². The summed E-state index contributed by atoms with van der Waals surface area (Å²) in [4.78, 5) is 2.19. The molecule has 0 fully saturated rings. The molecule has 6 nitrogen and oxygen atoms in total. The molecule has 0 aliphatic carbocycles. The van der Waals surface area contributed by atoms with E-state index in [9.17, 15) is 8.42 Å². The Morgan fingerprint density at radius 3 is 2.48 bits per heavy atom. The van der Waals surface area contributed by atoms with Crippen LogP contribution in [0.5, 0.6) is 11.5 Å². The Bertz CT molecular complexity index is 774. The first-order valence-corrected chi connectivity index (χ1v) is 8.48. The molecule has 0 aliphatic rings. The van der Waals surface area contributed by atoms with Crippen molar-refractivity contribution >= 4 is 16.2 Å². The van der Waals surface area contributed by atoms with E-state index < -0.39 is 10.0 Å². The van der Waals surface area contributed by atoms with E-state index in [1.807, 2.05) is 6.07 Å². The Morgan fingerprint density at radius 1 is 1.09 bits per heavy atom. The maximum absolute atomic E-state index is 12.0. The van der Waals surface area contributed by atoms with Crippen molar-refractivity contribution in [2.24, 2.45) is 5.10 Å². The van der Waals surface area contributed by atoms with Crippen LogP contribution < -0.4 is 14.3 Å². The van der Waals surface area contributed by atoms with Gasteiger partial charge in [0.15, 0.2) is 0 Å². The fourth-order valence-electron chi connectivity index (χ4n) is 1.93. The van der Waals surface area contributed by atoms with Crippen LogP contribution in [0.25, 0.3) is 0 Å². The van der Waals surface area contributed by atoms with Crippen LogP contribution in [0.4, 0.5) is 0 Å². The van der Waals surface area contributed by atoms with Gasteiger partial charge in [-0.2, -0.15) is 5.10 Å². The summed E-state index contributed by atoms with van der Waals surface area (Å²) < 4.78 is 34.3. The van der Waals surface area contributed by atoms with E-state index in [4.69, 9.17) is 9.47 Å². The van der Waals surface area contributed by atoms with E-state index in [-0.39, 0.29) is 5.75 Å². The summed E-state index contributed by atoms with van der Waals surface area (Å²) in [5, 5.41) is 3.79. The van der Waals surface area contributed by atoms with Gasteiger partial charge in [-0.25, -0.2) is 13.2 Å². The fourth-order valence-corrected chi connectivity index (χ4v) is 2.84. The number of hydrogen-bond donors (Lipinski definition) is 1. The van der Waals surface area contributed by atoms with E-state index in [0.717, 1.165) is 0 Å². The van der Waals surface area contributed by atoms with Crippen LogP contribution in [0.1, 0.15) is 11.1 Å². The molecule has 0 radical (unpaired) electrons. The van der Waals surface area contributed by atoms with Crippen molar-refractivity contribution in [2.45, 2.75) is 5.75 Å². The Labute approximate surface area is 135 Å². The molecule has 0 unspecified atom stereocenters. The molecule has 2 aromatic rings. The van der Waals surface area contributed by atoms with Gasteiger partial charge in [0.05, 0.1) is 26.2 Å². The third kappa shape index (κ3) is 5.00. The standard InChI is InChI=1S/C16H18N2O4S/c1-21-15-9-8-14(16(10-15)22-2)11-17-18-23(19,20)12-13-6-4-3-5-7-13/h3-11,18H,12H2,1-2H3/b17-11+. The van der Waals surface area contributed by atoms with Gasteiger partial charge in [0.1, 0.15) is 11.5 Å². The molecular weight excluding hydrogens is 316 g/mol. The quantitative estimate of drug-likeness (QED) is 0.622. The summed E-state index contributed by atoms with van der Waals surface area (Å²) in [6.45, 7) is 0. The summed E-state index contributed by atoms with van der Waals surface area (Å²) in [5.74, 6) is 1.05. The monoisotopic (exact) mass is 334 g/mol. The summed E-state index contributed by atoms with van der Waals surface area (Å²) in [6, 6.07) is 14.1. The summed E-state index contributed by atoms with van der Waals surface area (Å²) in [5.41, 5.74) is 1.33. The second-order valence-corrected chi connectivity index (χ2v) is 6.40. The lowest BCUT2D eigenvalue weighted by Gasteiger charge is -2.07. The molecule has 0 heterocycles. The van der Waals surface area contributed by atoms with Crippen molar-refractivity contribution in [1.82, 2.24) is 4.83 Å². The molecule has 0 saturated carbocycles. The topological polar surface area (TPSA) is 77.0 Å². The van der Waals surface area contributed by atoms with Gasteiger partial charge < -0.3 is 9.47 Å². The molecule has 0 saturated heterocycles. The maximum atomic E-state index is 12.0. The average molecular weight is 334 g/mol. The molecule has 0 spiro atoms. The summed E-state index contributed by atoms with van der Waals surface area (Å²) in [6.07, 6.45) is 1.39. The third-order valence-electron chi connectivity index (χ3n) is 3.04. The highest BCUT2D eigenvalue weighted by Gasteiger charge is 2.09. The summed E-state index contributed by atoms with van der Waals surface area (Å²) in [7, 11) is -0.475. The van der Waals surface area contributed by atoms with E-state index in [1.165, 1.54) is 13.3 Å². The molecule has 0 aromatic heterocycles. The van der Waals surface area contributed by atoms with Crippen LogP contribution in [-0.2, 0) is 15.8 Å². The molecule has 7 heteroatoms. The molecule has 0 aliphatic heterocycles.